The fraction of sp³-hybridized carbons (Fsp3) is 0.385. The molecule has 7 heteroatoms. The van der Waals surface area contributed by atoms with Crippen LogP contribution in [0.1, 0.15) is 35.4 Å². The smallest absolute Gasteiger partial charge is 0.227 e. The molecule has 5 rings (SSSR count). The van der Waals surface area contributed by atoms with Crippen molar-refractivity contribution >= 4 is 34.5 Å². The molecule has 0 saturated carbocycles. The Morgan fingerprint density at radius 2 is 1.94 bits per heavy atom. The van der Waals surface area contributed by atoms with E-state index in [1.165, 1.54) is 37.2 Å². The molecule has 2 aliphatic heterocycles. The van der Waals surface area contributed by atoms with Crippen LogP contribution in [0.25, 0.3) is 11.3 Å². The van der Waals surface area contributed by atoms with Gasteiger partial charge in [0.15, 0.2) is 0 Å². The minimum Gasteiger partial charge on any atom is -0.349 e. The number of thiocarbonyl (C=S) groups is 1. The third-order valence-electron chi connectivity index (χ3n) is 6.65. The largest absolute Gasteiger partial charge is 0.349 e. The average Bonchev–Trinajstić information content (AvgIpc) is 2.92. The molecule has 1 saturated heterocycles. The second-order valence-electron chi connectivity index (χ2n) is 9.35. The first-order valence-electron chi connectivity index (χ1n) is 11.6. The van der Waals surface area contributed by atoms with Crippen molar-refractivity contribution in [2.75, 3.05) is 30.8 Å². The maximum Gasteiger partial charge on any atom is 0.227 e. The van der Waals surface area contributed by atoms with E-state index in [-0.39, 0.29) is 0 Å². The first-order valence-corrected chi connectivity index (χ1v) is 12.0. The quantitative estimate of drug-likeness (QED) is 0.529. The summed E-state index contributed by atoms with van der Waals surface area (Å²) in [6.45, 7) is 6.49. The summed E-state index contributed by atoms with van der Waals surface area (Å²) in [6, 6.07) is 10.6. The Hall–Kier alpha value is -2.90. The van der Waals surface area contributed by atoms with Crippen LogP contribution in [-0.4, -0.2) is 45.0 Å². The standard InChI is InChI=1S/C26H30N6S/c1-16-4-6-21-23(12-16)29-24(33)14-19-15-27-26(31-25(19)21)30-22-7-5-20(28-17(22)2)13-18-8-10-32(3)11-9-18/h4-7,12,15,18H,8-11,13-14H2,1-3H3,(H,29,33)(H,27,30,31). The molecule has 170 valence electrons. The zero-order valence-electron chi connectivity index (χ0n) is 19.5. The van der Waals surface area contributed by atoms with Crippen LogP contribution in [0, 0.1) is 19.8 Å². The minimum absolute atomic E-state index is 0.570. The molecular formula is C26H30N6S. The number of piperidine rings is 1. The molecule has 0 unspecified atom stereocenters. The van der Waals surface area contributed by atoms with E-state index < -0.39 is 0 Å². The first kappa shape index (κ1) is 21.9. The number of hydrogen-bond donors (Lipinski definition) is 2. The molecule has 3 aromatic rings. The normalized spacial score (nSPS) is 16.5. The van der Waals surface area contributed by atoms with E-state index in [0.717, 1.165) is 51.2 Å². The molecule has 0 bridgehead atoms. The van der Waals surface area contributed by atoms with Gasteiger partial charge in [-0.1, -0.05) is 24.4 Å². The molecule has 0 atom stereocenters. The van der Waals surface area contributed by atoms with Crippen molar-refractivity contribution in [2.45, 2.75) is 39.5 Å². The summed E-state index contributed by atoms with van der Waals surface area (Å²) >= 11 is 5.53. The van der Waals surface area contributed by atoms with Gasteiger partial charge in [0.1, 0.15) is 0 Å². The van der Waals surface area contributed by atoms with E-state index in [9.17, 15) is 0 Å². The number of aromatic nitrogens is 3. The number of benzene rings is 1. The monoisotopic (exact) mass is 458 g/mol. The molecule has 0 radical (unpaired) electrons. The van der Waals surface area contributed by atoms with Crippen molar-refractivity contribution in [3.05, 3.63) is 59.0 Å². The molecule has 1 fully saturated rings. The van der Waals surface area contributed by atoms with E-state index in [0.29, 0.717) is 12.4 Å². The first-order chi connectivity index (χ1) is 15.9. The maximum atomic E-state index is 5.53. The Bertz CT molecular complexity index is 1200. The molecule has 4 heterocycles. The van der Waals surface area contributed by atoms with Crippen molar-refractivity contribution in [1.82, 2.24) is 19.9 Å². The average molecular weight is 459 g/mol. The summed E-state index contributed by atoms with van der Waals surface area (Å²) in [5.41, 5.74) is 8.25. The topological polar surface area (TPSA) is 66.0 Å². The molecule has 0 aliphatic carbocycles. The van der Waals surface area contributed by atoms with E-state index in [1.54, 1.807) is 0 Å². The van der Waals surface area contributed by atoms with E-state index in [1.807, 2.05) is 13.1 Å². The molecule has 33 heavy (non-hydrogen) atoms. The third kappa shape index (κ3) is 4.89. The zero-order chi connectivity index (χ0) is 22.9. The van der Waals surface area contributed by atoms with E-state index in [4.69, 9.17) is 22.2 Å². The summed E-state index contributed by atoms with van der Waals surface area (Å²) in [5.74, 6) is 1.30. The Balaban J connectivity index is 1.37. The number of aryl methyl sites for hydroxylation is 2. The molecule has 2 aliphatic rings. The lowest BCUT2D eigenvalue weighted by Gasteiger charge is -2.28. The Labute approximate surface area is 200 Å². The third-order valence-corrected chi connectivity index (χ3v) is 6.89. The van der Waals surface area contributed by atoms with Crippen molar-refractivity contribution in [1.29, 1.82) is 0 Å². The molecular weight excluding hydrogens is 428 g/mol. The van der Waals surface area contributed by atoms with Gasteiger partial charge in [-0.25, -0.2) is 9.97 Å². The van der Waals surface area contributed by atoms with Gasteiger partial charge in [-0.05, 0) is 82.9 Å². The molecule has 1 aromatic carbocycles. The molecule has 0 spiro atoms. The van der Waals surface area contributed by atoms with Crippen molar-refractivity contribution < 1.29 is 0 Å². The predicted octanol–water partition coefficient (Wildman–Crippen LogP) is 5.08. The second kappa shape index (κ2) is 9.15. The van der Waals surface area contributed by atoms with Gasteiger partial charge in [-0.2, -0.15) is 0 Å². The van der Waals surface area contributed by atoms with Gasteiger partial charge < -0.3 is 15.5 Å². The van der Waals surface area contributed by atoms with Gasteiger partial charge in [0.05, 0.1) is 22.1 Å². The van der Waals surface area contributed by atoms with Crippen LogP contribution in [0.15, 0.2) is 36.5 Å². The number of fused-ring (bicyclic) bond motifs is 3. The van der Waals surface area contributed by atoms with Gasteiger partial charge in [0.25, 0.3) is 0 Å². The minimum atomic E-state index is 0.570. The van der Waals surface area contributed by atoms with E-state index in [2.05, 4.69) is 64.8 Å². The molecule has 2 N–H and O–H groups in total. The van der Waals surface area contributed by atoms with Crippen LogP contribution in [0.2, 0.25) is 0 Å². The number of pyridine rings is 1. The fourth-order valence-electron chi connectivity index (χ4n) is 4.71. The van der Waals surface area contributed by atoms with Gasteiger partial charge in [-0.15, -0.1) is 0 Å². The highest BCUT2D eigenvalue weighted by atomic mass is 32.1. The van der Waals surface area contributed by atoms with Crippen LogP contribution in [0.4, 0.5) is 17.3 Å². The lowest BCUT2D eigenvalue weighted by Crippen LogP contribution is -2.31. The molecule has 6 nitrogen and oxygen atoms in total. The SMILES string of the molecule is Cc1ccc2c(c1)NC(=S)Cc1cnc(Nc3ccc(CC4CCN(C)CC4)nc3C)nc1-2. The summed E-state index contributed by atoms with van der Waals surface area (Å²) in [7, 11) is 2.20. The lowest BCUT2D eigenvalue weighted by molar-refractivity contribution is 0.218. The second-order valence-corrected chi connectivity index (χ2v) is 9.85. The fourth-order valence-corrected chi connectivity index (χ4v) is 4.97. The summed E-state index contributed by atoms with van der Waals surface area (Å²) < 4.78 is 0. The van der Waals surface area contributed by atoms with Crippen LogP contribution in [0.3, 0.4) is 0 Å². The molecule has 2 aromatic heterocycles. The van der Waals surface area contributed by atoms with Crippen molar-refractivity contribution in [2.24, 2.45) is 5.92 Å². The van der Waals surface area contributed by atoms with Gasteiger partial charge in [-0.3, -0.25) is 4.98 Å². The van der Waals surface area contributed by atoms with Crippen LogP contribution >= 0.6 is 12.2 Å². The zero-order valence-corrected chi connectivity index (χ0v) is 20.3. The van der Waals surface area contributed by atoms with Crippen LogP contribution in [0.5, 0.6) is 0 Å². The van der Waals surface area contributed by atoms with Gasteiger partial charge in [0, 0.05) is 35.1 Å². The van der Waals surface area contributed by atoms with Gasteiger partial charge in [0.2, 0.25) is 5.95 Å². The highest BCUT2D eigenvalue weighted by molar-refractivity contribution is 7.80. The van der Waals surface area contributed by atoms with Crippen LogP contribution in [-0.2, 0) is 12.8 Å². The lowest BCUT2D eigenvalue weighted by atomic mass is 9.92. The Morgan fingerprint density at radius 1 is 1.12 bits per heavy atom. The Kier molecular flexibility index (Phi) is 6.08. The number of rotatable bonds is 4. The van der Waals surface area contributed by atoms with E-state index >= 15 is 0 Å². The number of likely N-dealkylation sites (tertiary alicyclic amines) is 1. The highest BCUT2D eigenvalue weighted by Crippen LogP contribution is 2.34. The van der Waals surface area contributed by atoms with Crippen molar-refractivity contribution in [3.63, 3.8) is 0 Å². The summed E-state index contributed by atoms with van der Waals surface area (Å²) in [6.07, 6.45) is 6.06. The number of nitrogens with zero attached hydrogens (tertiary/aromatic N) is 4. The highest BCUT2D eigenvalue weighted by Gasteiger charge is 2.20. The number of nitrogens with one attached hydrogen (secondary N) is 2. The number of hydrogen-bond acceptors (Lipinski definition) is 6. The number of anilines is 3. The predicted molar refractivity (Wildman–Crippen MR) is 138 cm³/mol. The summed E-state index contributed by atoms with van der Waals surface area (Å²) in [5, 5.41) is 6.75. The van der Waals surface area contributed by atoms with Gasteiger partial charge >= 0.3 is 0 Å². The maximum absolute atomic E-state index is 5.53. The Morgan fingerprint density at radius 3 is 2.73 bits per heavy atom. The molecule has 0 amide bonds. The van der Waals surface area contributed by atoms with Crippen molar-refractivity contribution in [3.8, 4) is 11.3 Å². The summed E-state index contributed by atoms with van der Waals surface area (Å²) in [4.78, 5) is 17.5. The van der Waals surface area contributed by atoms with Crippen LogP contribution < -0.4 is 10.6 Å².